The SMILES string of the molecule is N#Cc1c(-n2c3ccccc3c3ccncc32)c(-c2ccccn2)c(-n2c3ccccc3c3ccncc32)c(-n2c3ccccc3c3ccncc32)c1-n1c2ccccc2c2ccncc21. The molecule has 0 saturated carbocycles. The maximum Gasteiger partial charge on any atom is 0.104 e. The minimum Gasteiger partial charge on any atom is -0.306 e. The molecule has 0 spiro atoms. The van der Waals surface area contributed by atoms with Crippen LogP contribution in [-0.4, -0.2) is 43.2 Å². The van der Waals surface area contributed by atoms with Crippen molar-refractivity contribution in [1.29, 1.82) is 5.26 Å². The Balaban J connectivity index is 1.37. The van der Waals surface area contributed by atoms with E-state index in [0.717, 1.165) is 104 Å². The molecule has 9 aromatic heterocycles. The Morgan fingerprint density at radius 2 is 0.667 bits per heavy atom. The van der Waals surface area contributed by atoms with E-state index in [0.29, 0.717) is 22.6 Å². The van der Waals surface area contributed by atoms with Crippen LogP contribution >= 0.6 is 0 Å². The number of rotatable bonds is 5. The van der Waals surface area contributed by atoms with Gasteiger partial charge in [-0.1, -0.05) is 78.9 Å². The Kier molecular flexibility index (Phi) is 7.52. The second kappa shape index (κ2) is 13.8. The third-order valence-corrected chi connectivity index (χ3v) is 13.2. The standard InChI is InChI=1S/C56H32N10/c57-29-42-53(63-44-16-5-1-11-34(44)38-20-25-58-30-48(38)63)52(43-15-9-10-24-62-43)55(65-46-18-7-3-13-36(46)40-22-27-60-32-50(40)65)56(66-47-19-8-4-14-37(47)41-23-28-61-33-51(41)66)54(42)64-45-17-6-2-12-35(45)39-21-26-59-31-49(39)64/h1-28,30-33H. The van der Waals surface area contributed by atoms with Crippen LogP contribution in [0.3, 0.4) is 0 Å². The fourth-order valence-electron chi connectivity index (χ4n) is 10.7. The van der Waals surface area contributed by atoms with Crippen molar-refractivity contribution < 1.29 is 0 Å². The lowest BCUT2D eigenvalue weighted by atomic mass is 9.95. The predicted octanol–water partition coefficient (Wildman–Crippen LogP) is 12.6. The topological polar surface area (TPSA) is 108 Å². The Labute approximate surface area is 375 Å². The summed E-state index contributed by atoms with van der Waals surface area (Å²) < 4.78 is 9.11. The molecule has 0 fully saturated rings. The van der Waals surface area contributed by atoms with Crippen molar-refractivity contribution in [2.45, 2.75) is 0 Å². The molecular formula is C56H32N10. The lowest BCUT2D eigenvalue weighted by molar-refractivity contribution is 1.02. The zero-order chi connectivity index (χ0) is 43.5. The largest absolute Gasteiger partial charge is 0.306 e. The van der Waals surface area contributed by atoms with Gasteiger partial charge in [-0.05, 0) is 60.7 Å². The van der Waals surface area contributed by atoms with Gasteiger partial charge in [-0.3, -0.25) is 24.9 Å². The van der Waals surface area contributed by atoms with Crippen molar-refractivity contribution in [2.75, 3.05) is 0 Å². The molecule has 0 aliphatic heterocycles. The second-order valence-corrected chi connectivity index (χ2v) is 16.5. The number of aromatic nitrogens is 9. The number of para-hydroxylation sites is 4. The van der Waals surface area contributed by atoms with Crippen LogP contribution < -0.4 is 0 Å². The van der Waals surface area contributed by atoms with Crippen LogP contribution in [-0.2, 0) is 0 Å². The van der Waals surface area contributed by atoms with Crippen molar-refractivity contribution in [3.63, 3.8) is 0 Å². The van der Waals surface area contributed by atoms with Crippen LogP contribution in [0.15, 0.2) is 195 Å². The molecule has 14 aromatic rings. The number of nitrogens with zero attached hydrogens (tertiary/aromatic N) is 10. The lowest BCUT2D eigenvalue weighted by Gasteiger charge is -2.28. The summed E-state index contributed by atoms with van der Waals surface area (Å²) in [7, 11) is 0. The van der Waals surface area contributed by atoms with Gasteiger partial charge in [0.15, 0.2) is 0 Å². The van der Waals surface area contributed by atoms with E-state index in [1.807, 2.05) is 74.0 Å². The Morgan fingerprint density at radius 1 is 0.318 bits per heavy atom. The molecule has 0 aliphatic carbocycles. The zero-order valence-corrected chi connectivity index (χ0v) is 34.9. The number of hydrogen-bond donors (Lipinski definition) is 0. The molecule has 0 N–H and O–H groups in total. The molecule has 14 rings (SSSR count). The van der Waals surface area contributed by atoms with Gasteiger partial charge in [0.2, 0.25) is 0 Å². The minimum absolute atomic E-state index is 0.432. The maximum absolute atomic E-state index is 12.4. The summed E-state index contributed by atoms with van der Waals surface area (Å²) in [4.78, 5) is 24.3. The third-order valence-electron chi connectivity index (χ3n) is 13.2. The quantitative estimate of drug-likeness (QED) is 0.171. The van der Waals surface area contributed by atoms with Crippen LogP contribution in [0.25, 0.3) is 121 Å². The number of nitriles is 1. The van der Waals surface area contributed by atoms with E-state index in [-0.39, 0.29) is 0 Å². The first-order valence-corrected chi connectivity index (χ1v) is 21.7. The highest BCUT2D eigenvalue weighted by Crippen LogP contribution is 2.51. The monoisotopic (exact) mass is 844 g/mol. The normalized spacial score (nSPS) is 11.9. The van der Waals surface area contributed by atoms with E-state index in [1.165, 1.54) is 0 Å². The predicted molar refractivity (Wildman–Crippen MR) is 263 cm³/mol. The van der Waals surface area contributed by atoms with Crippen molar-refractivity contribution in [2.24, 2.45) is 0 Å². The molecule has 0 atom stereocenters. The van der Waals surface area contributed by atoms with E-state index in [2.05, 4.69) is 146 Å². The molecule has 306 valence electrons. The zero-order valence-electron chi connectivity index (χ0n) is 34.9. The molecule has 0 aliphatic rings. The van der Waals surface area contributed by atoms with E-state index >= 15 is 0 Å². The highest BCUT2D eigenvalue weighted by atomic mass is 15.1. The fraction of sp³-hybridized carbons (Fsp3) is 0. The second-order valence-electron chi connectivity index (χ2n) is 16.5. The Bertz CT molecular complexity index is 4160. The first-order valence-electron chi connectivity index (χ1n) is 21.7. The van der Waals surface area contributed by atoms with Crippen LogP contribution in [0.4, 0.5) is 0 Å². The van der Waals surface area contributed by atoms with Crippen molar-refractivity contribution in [3.05, 3.63) is 201 Å². The highest BCUT2D eigenvalue weighted by Gasteiger charge is 2.35. The number of hydrogen-bond acceptors (Lipinski definition) is 6. The van der Waals surface area contributed by atoms with Crippen LogP contribution in [0.5, 0.6) is 0 Å². The van der Waals surface area contributed by atoms with Gasteiger partial charge in [0.05, 0.1) is 103 Å². The summed E-state index contributed by atoms with van der Waals surface area (Å²) in [5.41, 5.74) is 12.0. The average Bonchev–Trinajstić information content (AvgIpc) is 4.11. The summed E-state index contributed by atoms with van der Waals surface area (Å²) in [6.07, 6.45) is 16.9. The number of benzene rings is 5. The van der Waals surface area contributed by atoms with E-state index in [4.69, 9.17) is 24.9 Å². The van der Waals surface area contributed by atoms with Gasteiger partial charge in [0.25, 0.3) is 0 Å². The lowest BCUT2D eigenvalue weighted by Crippen LogP contribution is -2.16. The van der Waals surface area contributed by atoms with Gasteiger partial charge in [-0.15, -0.1) is 0 Å². The van der Waals surface area contributed by atoms with Crippen molar-refractivity contribution in [1.82, 2.24) is 43.2 Å². The smallest absolute Gasteiger partial charge is 0.104 e. The summed E-state index contributed by atoms with van der Waals surface area (Å²) >= 11 is 0. The van der Waals surface area contributed by atoms with Crippen LogP contribution in [0.2, 0.25) is 0 Å². The van der Waals surface area contributed by atoms with Crippen molar-refractivity contribution in [3.8, 4) is 40.1 Å². The molecule has 66 heavy (non-hydrogen) atoms. The van der Waals surface area contributed by atoms with E-state index in [9.17, 15) is 5.26 Å². The highest BCUT2D eigenvalue weighted by molar-refractivity contribution is 6.16. The van der Waals surface area contributed by atoms with Gasteiger partial charge in [-0.25, -0.2) is 0 Å². The first-order chi connectivity index (χ1) is 32.8. The minimum atomic E-state index is 0.432. The van der Waals surface area contributed by atoms with Crippen molar-refractivity contribution >= 4 is 87.2 Å². The first kappa shape index (κ1) is 36.1. The van der Waals surface area contributed by atoms with E-state index < -0.39 is 0 Å². The molecule has 9 heterocycles. The molecule has 5 aromatic carbocycles. The van der Waals surface area contributed by atoms with Gasteiger partial charge in [0.1, 0.15) is 11.6 Å². The van der Waals surface area contributed by atoms with Crippen LogP contribution in [0.1, 0.15) is 5.56 Å². The number of pyridine rings is 5. The van der Waals surface area contributed by atoms with Gasteiger partial charge in [0, 0.05) is 74.1 Å². The molecular weight excluding hydrogens is 813 g/mol. The molecule has 10 nitrogen and oxygen atoms in total. The van der Waals surface area contributed by atoms with Gasteiger partial charge < -0.3 is 18.3 Å². The molecule has 0 saturated heterocycles. The maximum atomic E-state index is 12.4. The summed E-state index contributed by atoms with van der Waals surface area (Å²) in [5.74, 6) is 0. The van der Waals surface area contributed by atoms with Crippen LogP contribution in [0, 0.1) is 11.3 Å². The molecule has 0 amide bonds. The molecule has 0 unspecified atom stereocenters. The van der Waals surface area contributed by atoms with E-state index in [1.54, 1.807) is 0 Å². The van der Waals surface area contributed by atoms with Gasteiger partial charge in [-0.2, -0.15) is 5.26 Å². The summed E-state index contributed by atoms with van der Waals surface area (Å²) in [6, 6.07) is 50.9. The Morgan fingerprint density at radius 3 is 1.06 bits per heavy atom. The average molecular weight is 845 g/mol. The molecule has 10 heteroatoms. The van der Waals surface area contributed by atoms with Gasteiger partial charge >= 0.3 is 0 Å². The third kappa shape index (κ3) is 4.80. The Hall–Kier alpha value is -9.46. The summed E-state index contributed by atoms with van der Waals surface area (Å²) in [5, 5.41) is 20.7. The molecule has 0 radical (unpaired) electrons. The fourth-order valence-corrected chi connectivity index (χ4v) is 10.7. The summed E-state index contributed by atoms with van der Waals surface area (Å²) in [6.45, 7) is 0. The molecule has 0 bridgehead atoms. The number of fused-ring (bicyclic) bond motifs is 12.